The molecule has 1 N–H and O–H groups in total. The molecule has 9 nitrogen and oxygen atoms in total. The Hall–Kier alpha value is -3.43. The summed E-state index contributed by atoms with van der Waals surface area (Å²) in [7, 11) is 2.81. The van der Waals surface area contributed by atoms with Crippen LogP contribution in [0.25, 0.3) is 0 Å². The molecule has 0 spiro atoms. The van der Waals surface area contributed by atoms with Crippen molar-refractivity contribution < 1.29 is 14.5 Å². The zero-order valence-electron chi connectivity index (χ0n) is 15.8. The zero-order valence-corrected chi connectivity index (χ0v) is 17.3. The molecule has 0 aliphatic heterocycles. The first-order chi connectivity index (χ1) is 14.3. The Morgan fingerprint density at radius 3 is 2.60 bits per heavy atom. The third-order valence-corrected chi connectivity index (χ3v) is 4.71. The minimum Gasteiger partial charge on any atom is -0.465 e. The number of nitro groups is 1. The van der Waals surface area contributed by atoms with E-state index in [1.54, 1.807) is 43.4 Å². The fourth-order valence-electron chi connectivity index (χ4n) is 2.76. The molecule has 0 saturated heterocycles. The predicted molar refractivity (Wildman–Crippen MR) is 114 cm³/mol. The highest BCUT2D eigenvalue weighted by molar-refractivity contribution is 6.36. The smallest absolute Gasteiger partial charge is 0.354 e. The third-order valence-electron chi connectivity index (χ3n) is 4.16. The van der Waals surface area contributed by atoms with Gasteiger partial charge in [-0.15, -0.1) is 0 Å². The number of carbonyl (C=O) groups is 1. The standard InChI is InChI=1S/C19H15Cl2N5O4/c1-25(15-6-4-3-5-12(15)19(27)30-2)18-16(26(28)29)17(22-10-23-18)24-14-8-7-11(20)9-13(14)21/h3-10H,1-2H3,(H,22,23,24). The van der Waals surface area contributed by atoms with Gasteiger partial charge < -0.3 is 15.0 Å². The number of halogens is 2. The van der Waals surface area contributed by atoms with Crippen LogP contribution in [0.1, 0.15) is 10.4 Å². The van der Waals surface area contributed by atoms with E-state index in [0.717, 1.165) is 0 Å². The largest absolute Gasteiger partial charge is 0.465 e. The number of hydrogen-bond acceptors (Lipinski definition) is 8. The molecule has 11 heteroatoms. The monoisotopic (exact) mass is 447 g/mol. The Morgan fingerprint density at radius 1 is 1.20 bits per heavy atom. The van der Waals surface area contributed by atoms with Crippen molar-refractivity contribution in [3.8, 4) is 0 Å². The van der Waals surface area contributed by atoms with E-state index in [2.05, 4.69) is 15.3 Å². The van der Waals surface area contributed by atoms with E-state index in [1.807, 2.05) is 0 Å². The van der Waals surface area contributed by atoms with Crippen molar-refractivity contribution >= 4 is 57.9 Å². The van der Waals surface area contributed by atoms with E-state index in [1.165, 1.54) is 24.4 Å². The predicted octanol–water partition coefficient (Wildman–Crippen LogP) is 4.99. The second kappa shape index (κ2) is 8.93. The molecule has 30 heavy (non-hydrogen) atoms. The number of hydrogen-bond donors (Lipinski definition) is 1. The number of methoxy groups -OCH3 is 1. The molecule has 3 aromatic rings. The van der Waals surface area contributed by atoms with Gasteiger partial charge in [0.1, 0.15) is 6.33 Å². The molecule has 0 bridgehead atoms. The summed E-state index contributed by atoms with van der Waals surface area (Å²) in [6, 6.07) is 11.2. The number of anilines is 4. The van der Waals surface area contributed by atoms with E-state index in [9.17, 15) is 14.9 Å². The summed E-state index contributed by atoms with van der Waals surface area (Å²) in [4.78, 5) is 32.9. The average Bonchev–Trinajstić information content (AvgIpc) is 2.74. The SMILES string of the molecule is COC(=O)c1ccccc1N(C)c1ncnc(Nc2ccc(Cl)cc2Cl)c1[N+](=O)[O-]. The van der Waals surface area contributed by atoms with E-state index < -0.39 is 16.6 Å². The molecule has 0 fully saturated rings. The summed E-state index contributed by atoms with van der Waals surface area (Å²) in [5.74, 6) is -0.684. The van der Waals surface area contributed by atoms with Gasteiger partial charge in [0.2, 0.25) is 11.6 Å². The fourth-order valence-corrected chi connectivity index (χ4v) is 3.21. The van der Waals surface area contributed by atoms with Crippen molar-refractivity contribution in [1.82, 2.24) is 9.97 Å². The molecule has 0 radical (unpaired) electrons. The van der Waals surface area contributed by atoms with Crippen LogP contribution >= 0.6 is 23.2 Å². The maximum absolute atomic E-state index is 12.1. The highest BCUT2D eigenvalue weighted by atomic mass is 35.5. The van der Waals surface area contributed by atoms with Crippen molar-refractivity contribution in [1.29, 1.82) is 0 Å². The first-order valence-electron chi connectivity index (χ1n) is 8.46. The van der Waals surface area contributed by atoms with Crippen LogP contribution in [0.15, 0.2) is 48.8 Å². The van der Waals surface area contributed by atoms with Crippen LogP contribution < -0.4 is 10.2 Å². The van der Waals surface area contributed by atoms with Gasteiger partial charge in [-0.3, -0.25) is 10.1 Å². The minimum absolute atomic E-state index is 0.0288. The lowest BCUT2D eigenvalue weighted by Gasteiger charge is -2.21. The Kier molecular flexibility index (Phi) is 6.34. The molecule has 0 saturated carbocycles. The van der Waals surface area contributed by atoms with Crippen LogP contribution in [0.5, 0.6) is 0 Å². The number of nitrogens with one attached hydrogen (secondary N) is 1. The van der Waals surface area contributed by atoms with Crippen LogP contribution in [0, 0.1) is 10.1 Å². The summed E-state index contributed by atoms with van der Waals surface area (Å²) >= 11 is 12.1. The summed E-state index contributed by atoms with van der Waals surface area (Å²) in [6.45, 7) is 0. The first-order valence-corrected chi connectivity index (χ1v) is 9.21. The lowest BCUT2D eigenvalue weighted by atomic mass is 10.1. The van der Waals surface area contributed by atoms with Gasteiger partial charge in [-0.05, 0) is 30.3 Å². The summed E-state index contributed by atoms with van der Waals surface area (Å²) in [5, 5.41) is 15.4. The second-order valence-corrected chi connectivity index (χ2v) is 6.81. The van der Waals surface area contributed by atoms with Crippen LogP contribution in [0.2, 0.25) is 10.0 Å². The zero-order chi connectivity index (χ0) is 21.8. The van der Waals surface area contributed by atoms with Gasteiger partial charge in [0.25, 0.3) is 0 Å². The summed E-state index contributed by atoms with van der Waals surface area (Å²) < 4.78 is 4.80. The van der Waals surface area contributed by atoms with Gasteiger partial charge in [-0.25, -0.2) is 14.8 Å². The van der Waals surface area contributed by atoms with Crippen LogP contribution in [0.4, 0.5) is 28.7 Å². The topological polar surface area (TPSA) is 110 Å². The molecule has 1 heterocycles. The Morgan fingerprint density at radius 2 is 1.93 bits per heavy atom. The average molecular weight is 448 g/mol. The highest BCUT2D eigenvalue weighted by Gasteiger charge is 2.28. The van der Waals surface area contributed by atoms with E-state index in [4.69, 9.17) is 27.9 Å². The quantitative estimate of drug-likeness (QED) is 0.319. The van der Waals surface area contributed by atoms with Gasteiger partial charge in [0.15, 0.2) is 0 Å². The molecule has 2 aromatic carbocycles. The molecule has 0 amide bonds. The highest BCUT2D eigenvalue weighted by Crippen LogP contribution is 2.38. The fraction of sp³-hybridized carbons (Fsp3) is 0.105. The lowest BCUT2D eigenvalue weighted by Crippen LogP contribution is -2.18. The number of esters is 1. The maximum atomic E-state index is 12.1. The third kappa shape index (κ3) is 4.27. The number of benzene rings is 2. The van der Waals surface area contributed by atoms with Gasteiger partial charge in [-0.2, -0.15) is 0 Å². The summed E-state index contributed by atoms with van der Waals surface area (Å²) in [6.07, 6.45) is 1.17. The Balaban J connectivity index is 2.10. The van der Waals surface area contributed by atoms with Gasteiger partial charge in [0.05, 0.1) is 34.0 Å². The van der Waals surface area contributed by atoms with Crippen LogP contribution in [0.3, 0.4) is 0 Å². The molecule has 1 aromatic heterocycles. The Bertz CT molecular complexity index is 1130. The van der Waals surface area contributed by atoms with E-state index in [0.29, 0.717) is 16.4 Å². The number of para-hydroxylation sites is 1. The van der Waals surface area contributed by atoms with Crippen LogP contribution in [-0.4, -0.2) is 35.0 Å². The van der Waals surface area contributed by atoms with Gasteiger partial charge in [0, 0.05) is 12.1 Å². The number of ether oxygens (including phenoxy) is 1. The van der Waals surface area contributed by atoms with Crippen molar-refractivity contribution in [2.24, 2.45) is 0 Å². The normalized spacial score (nSPS) is 10.4. The summed E-state index contributed by atoms with van der Waals surface area (Å²) in [5.41, 5.74) is 0.587. The second-order valence-electron chi connectivity index (χ2n) is 5.97. The molecule has 0 aliphatic carbocycles. The molecular weight excluding hydrogens is 433 g/mol. The van der Waals surface area contributed by atoms with Crippen molar-refractivity contribution in [3.05, 3.63) is 74.5 Å². The van der Waals surface area contributed by atoms with Crippen molar-refractivity contribution in [2.75, 3.05) is 24.4 Å². The number of nitrogens with zero attached hydrogens (tertiary/aromatic N) is 4. The van der Waals surface area contributed by atoms with Gasteiger partial charge in [-0.1, -0.05) is 35.3 Å². The van der Waals surface area contributed by atoms with Crippen LogP contribution in [-0.2, 0) is 4.74 Å². The maximum Gasteiger partial charge on any atom is 0.354 e. The molecule has 154 valence electrons. The lowest BCUT2D eigenvalue weighted by molar-refractivity contribution is -0.383. The van der Waals surface area contributed by atoms with Crippen molar-refractivity contribution in [2.45, 2.75) is 0 Å². The van der Waals surface area contributed by atoms with E-state index >= 15 is 0 Å². The van der Waals surface area contributed by atoms with Crippen molar-refractivity contribution in [3.63, 3.8) is 0 Å². The first kappa shape index (κ1) is 21.3. The Labute approximate surface area is 181 Å². The molecular formula is C19H15Cl2N5O4. The van der Waals surface area contributed by atoms with Gasteiger partial charge >= 0.3 is 11.7 Å². The molecule has 0 atom stereocenters. The molecule has 0 unspecified atom stereocenters. The van der Waals surface area contributed by atoms with E-state index in [-0.39, 0.29) is 22.2 Å². The number of carbonyl (C=O) groups excluding carboxylic acids is 1. The molecule has 3 rings (SSSR count). The number of aromatic nitrogens is 2. The number of rotatable bonds is 6. The molecule has 0 aliphatic rings. The minimum atomic E-state index is -0.612.